The molecule has 9 nitrogen and oxygen atoms in total. The van der Waals surface area contributed by atoms with Crippen molar-refractivity contribution in [3.05, 3.63) is 114 Å². The Hall–Kier alpha value is -4.45. The van der Waals surface area contributed by atoms with E-state index < -0.39 is 21.9 Å². The number of nitrogens with one attached hydrogen (secondary N) is 1. The molecule has 1 aliphatic rings. The van der Waals surface area contributed by atoms with Crippen LogP contribution >= 0.6 is 0 Å². The molecule has 0 aliphatic carbocycles. The number of hydrogen-bond donors (Lipinski definition) is 2. The molecule has 46 heavy (non-hydrogen) atoms. The zero-order chi connectivity index (χ0) is 32.8. The van der Waals surface area contributed by atoms with E-state index in [2.05, 4.69) is 9.62 Å². The molecule has 1 heterocycles. The highest BCUT2D eigenvalue weighted by molar-refractivity contribution is 7.92. The second kappa shape index (κ2) is 14.3. The van der Waals surface area contributed by atoms with Crippen LogP contribution in [0.25, 0.3) is 0 Å². The van der Waals surface area contributed by atoms with Gasteiger partial charge < -0.3 is 19.5 Å². The van der Waals surface area contributed by atoms with Crippen LogP contribution in [-0.2, 0) is 16.6 Å². The maximum absolute atomic E-state index is 13.8. The summed E-state index contributed by atoms with van der Waals surface area (Å²) in [7, 11) is -2.05. The summed E-state index contributed by atoms with van der Waals surface area (Å²) in [5, 5.41) is 9.97. The summed E-state index contributed by atoms with van der Waals surface area (Å²) < 4.78 is 54.1. The van der Waals surface area contributed by atoms with Crippen molar-refractivity contribution in [3.8, 4) is 17.2 Å². The molecule has 0 aromatic heterocycles. The van der Waals surface area contributed by atoms with E-state index in [4.69, 9.17) is 9.47 Å². The second-order valence-electron chi connectivity index (χ2n) is 11.6. The van der Waals surface area contributed by atoms with Crippen LogP contribution in [0.15, 0.2) is 102 Å². The molecule has 0 fully saturated rings. The highest BCUT2D eigenvalue weighted by Gasteiger charge is 2.34. The van der Waals surface area contributed by atoms with Crippen LogP contribution in [0.4, 0.5) is 10.1 Å². The summed E-state index contributed by atoms with van der Waals surface area (Å²) in [5.74, 6) is 0.804. The SMILES string of the molecule is C[C@H](CO)N1C[C@H](C)[C@@H](CN(C)Cc2ccc(Oc3ccccc3)cc2)Oc2ccc(NS(=O)(=O)c3ccc(F)cc3)cc2C1=O. The highest BCUT2D eigenvalue weighted by Crippen LogP contribution is 2.32. The molecule has 4 aromatic carbocycles. The van der Waals surface area contributed by atoms with E-state index in [1.54, 1.807) is 17.9 Å². The third kappa shape index (κ3) is 8.03. The fraction of sp³-hybridized carbons (Fsp3) is 0.286. The number of fused-ring (bicyclic) bond motifs is 1. The number of likely N-dealkylation sites (N-methyl/N-ethyl adjacent to an activating group) is 1. The molecule has 0 spiro atoms. The smallest absolute Gasteiger partial charge is 0.261 e. The number of halogens is 1. The number of nitrogens with zero attached hydrogens (tertiary/aromatic N) is 2. The van der Waals surface area contributed by atoms with Crippen molar-refractivity contribution in [3.63, 3.8) is 0 Å². The van der Waals surface area contributed by atoms with Gasteiger partial charge in [0.05, 0.1) is 23.1 Å². The Morgan fingerprint density at radius 1 is 1.02 bits per heavy atom. The van der Waals surface area contributed by atoms with Gasteiger partial charge in [0.25, 0.3) is 15.9 Å². The molecular formula is C35H38FN3O6S. The number of para-hydroxylation sites is 1. The van der Waals surface area contributed by atoms with Gasteiger partial charge in [-0.15, -0.1) is 0 Å². The normalized spacial score (nSPS) is 17.4. The number of amides is 1. The molecular weight excluding hydrogens is 609 g/mol. The third-order valence-corrected chi connectivity index (χ3v) is 9.28. The van der Waals surface area contributed by atoms with Gasteiger partial charge in [0.1, 0.15) is 29.2 Å². The molecule has 3 atom stereocenters. The Morgan fingerprint density at radius 3 is 2.37 bits per heavy atom. The van der Waals surface area contributed by atoms with Crippen LogP contribution in [0.5, 0.6) is 17.2 Å². The number of ether oxygens (including phenoxy) is 2. The Balaban J connectivity index is 1.34. The largest absolute Gasteiger partial charge is 0.488 e. The van der Waals surface area contributed by atoms with Gasteiger partial charge >= 0.3 is 0 Å². The number of hydrogen-bond acceptors (Lipinski definition) is 7. The number of carbonyl (C=O) groups excluding carboxylic acids is 1. The summed E-state index contributed by atoms with van der Waals surface area (Å²) in [6.07, 6.45) is -0.326. The van der Waals surface area contributed by atoms with Gasteiger partial charge in [0, 0.05) is 31.2 Å². The van der Waals surface area contributed by atoms with E-state index in [9.17, 15) is 22.7 Å². The quantitative estimate of drug-likeness (QED) is 0.213. The molecule has 0 unspecified atom stereocenters. The standard InChI is InChI=1S/C35H38FN3O6S/c1-24-20-39(25(2)23-40)35(41)32-19-28(37-46(42,43)31-16-11-27(36)12-17-31)13-18-33(32)45-34(24)22-38(3)21-26-9-14-30(15-10-26)44-29-7-5-4-6-8-29/h4-19,24-25,34,37,40H,20-23H2,1-3H3/t24-,25+,34+/m0/s1. The fourth-order valence-electron chi connectivity index (χ4n) is 5.30. The predicted octanol–water partition coefficient (Wildman–Crippen LogP) is 5.77. The van der Waals surface area contributed by atoms with Crippen LogP contribution in [0.3, 0.4) is 0 Å². The number of aliphatic hydroxyl groups excluding tert-OH is 1. The van der Waals surface area contributed by atoms with Crippen molar-refractivity contribution < 1.29 is 32.2 Å². The van der Waals surface area contributed by atoms with E-state index in [1.807, 2.05) is 68.6 Å². The van der Waals surface area contributed by atoms with Crippen molar-refractivity contribution in [2.45, 2.75) is 37.4 Å². The summed E-state index contributed by atoms with van der Waals surface area (Å²) in [6.45, 7) is 5.05. The van der Waals surface area contributed by atoms with Gasteiger partial charge in [-0.05, 0) is 86.3 Å². The number of sulfonamides is 1. The zero-order valence-electron chi connectivity index (χ0n) is 26.0. The van der Waals surface area contributed by atoms with Gasteiger partial charge in [-0.2, -0.15) is 0 Å². The lowest BCUT2D eigenvalue weighted by molar-refractivity contribution is 0.0341. The number of anilines is 1. The minimum atomic E-state index is -4.05. The molecule has 0 saturated carbocycles. The summed E-state index contributed by atoms with van der Waals surface area (Å²) in [5.41, 5.74) is 1.41. The van der Waals surface area contributed by atoms with Gasteiger partial charge in [-0.3, -0.25) is 14.4 Å². The van der Waals surface area contributed by atoms with Crippen LogP contribution in [-0.4, -0.2) is 68.1 Å². The molecule has 1 aliphatic heterocycles. The third-order valence-electron chi connectivity index (χ3n) is 7.89. The lowest BCUT2D eigenvalue weighted by atomic mass is 9.99. The Bertz CT molecular complexity index is 1740. The minimum Gasteiger partial charge on any atom is -0.488 e. The summed E-state index contributed by atoms with van der Waals surface area (Å²) in [4.78, 5) is 17.4. The van der Waals surface area contributed by atoms with Crippen molar-refractivity contribution in [2.24, 2.45) is 5.92 Å². The first-order valence-corrected chi connectivity index (χ1v) is 16.5. The molecule has 4 aromatic rings. The average Bonchev–Trinajstić information content (AvgIpc) is 3.04. The van der Waals surface area contributed by atoms with Crippen molar-refractivity contribution in [1.82, 2.24) is 9.80 Å². The van der Waals surface area contributed by atoms with Gasteiger partial charge in [0.2, 0.25) is 0 Å². The van der Waals surface area contributed by atoms with E-state index in [1.165, 1.54) is 24.3 Å². The Labute approximate surface area is 269 Å². The Kier molecular flexibility index (Phi) is 10.3. The number of rotatable bonds is 11. The topological polar surface area (TPSA) is 108 Å². The number of benzene rings is 4. The molecule has 2 N–H and O–H groups in total. The fourth-order valence-corrected chi connectivity index (χ4v) is 6.35. The van der Waals surface area contributed by atoms with Crippen LogP contribution in [0.1, 0.15) is 29.8 Å². The highest BCUT2D eigenvalue weighted by atomic mass is 32.2. The molecule has 0 saturated heterocycles. The lowest BCUT2D eigenvalue weighted by Crippen LogP contribution is -2.49. The molecule has 242 valence electrons. The molecule has 11 heteroatoms. The number of aliphatic hydroxyl groups is 1. The predicted molar refractivity (Wildman–Crippen MR) is 174 cm³/mol. The van der Waals surface area contributed by atoms with Crippen LogP contribution in [0, 0.1) is 11.7 Å². The minimum absolute atomic E-state index is 0.0909. The summed E-state index contributed by atoms with van der Waals surface area (Å²) in [6, 6.07) is 26.0. The molecule has 1 amide bonds. The van der Waals surface area contributed by atoms with E-state index in [0.29, 0.717) is 25.4 Å². The lowest BCUT2D eigenvalue weighted by Gasteiger charge is -2.38. The average molecular weight is 648 g/mol. The van der Waals surface area contributed by atoms with Crippen LogP contribution < -0.4 is 14.2 Å². The van der Waals surface area contributed by atoms with E-state index >= 15 is 0 Å². The number of carbonyl (C=O) groups is 1. The summed E-state index contributed by atoms with van der Waals surface area (Å²) >= 11 is 0. The Morgan fingerprint density at radius 2 is 1.70 bits per heavy atom. The monoisotopic (exact) mass is 647 g/mol. The van der Waals surface area contributed by atoms with Crippen molar-refractivity contribution >= 4 is 21.6 Å². The maximum atomic E-state index is 13.8. The first-order valence-electron chi connectivity index (χ1n) is 15.0. The molecule has 5 rings (SSSR count). The maximum Gasteiger partial charge on any atom is 0.261 e. The van der Waals surface area contributed by atoms with Crippen LogP contribution in [0.2, 0.25) is 0 Å². The first-order chi connectivity index (χ1) is 22.0. The van der Waals surface area contributed by atoms with E-state index in [-0.39, 0.29) is 40.7 Å². The first kappa shape index (κ1) is 32.9. The van der Waals surface area contributed by atoms with Gasteiger partial charge in [-0.25, -0.2) is 12.8 Å². The molecule has 0 radical (unpaired) electrons. The van der Waals surface area contributed by atoms with E-state index in [0.717, 1.165) is 29.2 Å². The zero-order valence-corrected chi connectivity index (χ0v) is 26.8. The van der Waals surface area contributed by atoms with Crippen molar-refractivity contribution in [1.29, 1.82) is 0 Å². The van der Waals surface area contributed by atoms with Gasteiger partial charge in [0.15, 0.2) is 0 Å². The molecule has 0 bridgehead atoms. The van der Waals surface area contributed by atoms with Gasteiger partial charge in [-0.1, -0.05) is 37.3 Å². The second-order valence-corrected chi connectivity index (χ2v) is 13.3. The van der Waals surface area contributed by atoms with Crippen molar-refractivity contribution in [2.75, 3.05) is 31.5 Å².